The van der Waals surface area contributed by atoms with Crippen LogP contribution in [0.15, 0.2) is 12.4 Å². The van der Waals surface area contributed by atoms with Gasteiger partial charge < -0.3 is 14.0 Å². The maximum Gasteiger partial charge on any atom is 0.342 e. The van der Waals surface area contributed by atoms with Gasteiger partial charge in [-0.15, -0.1) is 0 Å². The van der Waals surface area contributed by atoms with Crippen LogP contribution in [0.25, 0.3) is 0 Å². The van der Waals surface area contributed by atoms with Crippen molar-refractivity contribution in [2.24, 2.45) is 0 Å². The first-order chi connectivity index (χ1) is 12.2. The predicted octanol–water partition coefficient (Wildman–Crippen LogP) is 5.35. The third-order valence-corrected chi connectivity index (χ3v) is 4.17. The van der Waals surface area contributed by atoms with Crippen molar-refractivity contribution in [3.8, 4) is 0 Å². The smallest absolute Gasteiger partial charge is 0.342 e. The van der Waals surface area contributed by atoms with E-state index in [1.807, 2.05) is 0 Å². The third kappa shape index (κ3) is 9.63. The molecule has 25 heavy (non-hydrogen) atoms. The summed E-state index contributed by atoms with van der Waals surface area (Å²) >= 11 is 0. The quantitative estimate of drug-likeness (QED) is 0.314. The Morgan fingerprint density at radius 1 is 0.960 bits per heavy atom. The summed E-state index contributed by atoms with van der Waals surface area (Å²) in [4.78, 5) is 11.6. The lowest BCUT2D eigenvalue weighted by Crippen LogP contribution is -2.05. The van der Waals surface area contributed by atoms with Gasteiger partial charge in [-0.25, -0.2) is 9.18 Å². The molecule has 144 valence electrons. The van der Waals surface area contributed by atoms with Crippen LogP contribution >= 0.6 is 0 Å². The maximum absolute atomic E-state index is 13.7. The van der Waals surface area contributed by atoms with Gasteiger partial charge in [0, 0.05) is 32.2 Å². The van der Waals surface area contributed by atoms with Crippen molar-refractivity contribution in [3.05, 3.63) is 23.8 Å². The van der Waals surface area contributed by atoms with E-state index in [-0.39, 0.29) is 12.2 Å². The minimum absolute atomic E-state index is 0.0306. The van der Waals surface area contributed by atoms with E-state index in [4.69, 9.17) is 9.47 Å². The van der Waals surface area contributed by atoms with Gasteiger partial charge in [-0.3, -0.25) is 0 Å². The van der Waals surface area contributed by atoms with E-state index in [0.29, 0.717) is 0 Å². The Hall–Kier alpha value is -1.36. The number of carbonyl (C=O) groups is 1. The summed E-state index contributed by atoms with van der Waals surface area (Å²) in [7, 11) is 0. The van der Waals surface area contributed by atoms with Crippen molar-refractivity contribution in [1.29, 1.82) is 0 Å². The molecule has 1 rings (SSSR count). The average molecular weight is 355 g/mol. The summed E-state index contributed by atoms with van der Waals surface area (Å²) in [6, 6.07) is 0. The zero-order valence-electron chi connectivity index (χ0n) is 15.9. The molecule has 0 unspecified atom stereocenters. The second kappa shape index (κ2) is 13.9. The van der Waals surface area contributed by atoms with Crippen LogP contribution in [0.1, 0.15) is 82.0 Å². The molecule has 0 aliphatic heterocycles. The van der Waals surface area contributed by atoms with Crippen molar-refractivity contribution >= 4 is 5.97 Å². The van der Waals surface area contributed by atoms with Crippen molar-refractivity contribution in [2.45, 2.75) is 78.2 Å². The molecule has 0 aliphatic rings. The number of nitrogens with zero attached hydrogens (tertiary/aromatic N) is 1. The van der Waals surface area contributed by atoms with E-state index in [1.54, 1.807) is 17.7 Å². The Balaban J connectivity index is 2.01. The number of carbonyl (C=O) groups excluding carboxylic acids is 1. The lowest BCUT2D eigenvalue weighted by Gasteiger charge is -2.04. The highest BCUT2D eigenvalue weighted by Gasteiger charge is 2.15. The Kier molecular flexibility index (Phi) is 12.0. The van der Waals surface area contributed by atoms with E-state index in [2.05, 4.69) is 6.92 Å². The molecule has 0 saturated carbocycles. The average Bonchev–Trinajstić information content (AvgIpc) is 2.97. The molecule has 4 nitrogen and oxygen atoms in total. The van der Waals surface area contributed by atoms with Gasteiger partial charge in [-0.05, 0) is 26.2 Å². The molecule has 0 saturated heterocycles. The van der Waals surface area contributed by atoms with E-state index in [0.717, 1.165) is 45.4 Å². The minimum Gasteiger partial charge on any atom is -0.462 e. The minimum atomic E-state index is -0.586. The number of unbranched alkanes of at least 4 members (excludes halogenated alkanes) is 7. The fourth-order valence-corrected chi connectivity index (χ4v) is 2.70. The second-order valence-corrected chi connectivity index (χ2v) is 6.42. The molecule has 0 amide bonds. The fraction of sp³-hybridized carbons (Fsp3) is 0.750. The first-order valence-corrected chi connectivity index (χ1v) is 9.79. The van der Waals surface area contributed by atoms with Crippen molar-refractivity contribution in [2.75, 3.05) is 19.8 Å². The van der Waals surface area contributed by atoms with Crippen LogP contribution in [0.3, 0.4) is 0 Å². The Morgan fingerprint density at radius 2 is 1.60 bits per heavy atom. The molecular formula is C20H34FNO3. The number of esters is 1. The molecule has 0 aliphatic carbocycles. The van der Waals surface area contributed by atoms with Gasteiger partial charge in [0.25, 0.3) is 0 Å². The summed E-state index contributed by atoms with van der Waals surface area (Å²) < 4.78 is 25.8. The summed E-state index contributed by atoms with van der Waals surface area (Å²) in [6.45, 7) is 6.67. The van der Waals surface area contributed by atoms with E-state index < -0.39 is 11.8 Å². The lowest BCUT2D eigenvalue weighted by atomic mass is 10.1. The molecule has 1 aromatic rings. The molecule has 0 fully saturated rings. The topological polar surface area (TPSA) is 40.5 Å². The molecule has 0 N–H and O–H groups in total. The molecule has 0 aromatic carbocycles. The maximum atomic E-state index is 13.7. The van der Waals surface area contributed by atoms with E-state index in [9.17, 15) is 9.18 Å². The molecule has 0 radical (unpaired) electrons. The fourth-order valence-electron chi connectivity index (χ4n) is 2.70. The number of ether oxygens (including phenoxy) is 2. The summed E-state index contributed by atoms with van der Waals surface area (Å²) in [5.74, 6) is -1.09. The lowest BCUT2D eigenvalue weighted by molar-refractivity contribution is 0.0521. The van der Waals surface area contributed by atoms with Gasteiger partial charge in [0.05, 0.1) is 6.61 Å². The van der Waals surface area contributed by atoms with Crippen molar-refractivity contribution in [1.82, 2.24) is 4.57 Å². The first-order valence-electron chi connectivity index (χ1n) is 9.79. The number of halogens is 1. The summed E-state index contributed by atoms with van der Waals surface area (Å²) in [6.07, 6.45) is 13.5. The van der Waals surface area contributed by atoms with Gasteiger partial charge in [-0.1, -0.05) is 45.4 Å². The predicted molar refractivity (Wildman–Crippen MR) is 98.4 cm³/mol. The van der Waals surface area contributed by atoms with Crippen LogP contribution in [0.5, 0.6) is 0 Å². The number of hydrogen-bond donors (Lipinski definition) is 0. The van der Waals surface area contributed by atoms with Gasteiger partial charge >= 0.3 is 5.97 Å². The number of hydrogen-bond acceptors (Lipinski definition) is 3. The SMILES string of the molecule is CCCCOCCCCCCCCCn1cc(F)c(C(=O)OCC)c1. The van der Waals surface area contributed by atoms with Crippen LogP contribution in [0.4, 0.5) is 4.39 Å². The highest BCUT2D eigenvalue weighted by molar-refractivity contribution is 5.89. The second-order valence-electron chi connectivity index (χ2n) is 6.42. The first kappa shape index (κ1) is 21.7. The largest absolute Gasteiger partial charge is 0.462 e. The summed E-state index contributed by atoms with van der Waals surface area (Å²) in [5.41, 5.74) is 0.0306. The van der Waals surface area contributed by atoms with Gasteiger partial charge in [-0.2, -0.15) is 0 Å². The van der Waals surface area contributed by atoms with Crippen LogP contribution in [0.2, 0.25) is 0 Å². The number of aromatic nitrogens is 1. The Bertz CT molecular complexity index is 474. The third-order valence-electron chi connectivity index (χ3n) is 4.17. The number of aryl methyl sites for hydroxylation is 1. The zero-order valence-corrected chi connectivity index (χ0v) is 15.9. The van der Waals surface area contributed by atoms with Crippen LogP contribution in [-0.4, -0.2) is 30.4 Å². The number of rotatable bonds is 15. The van der Waals surface area contributed by atoms with Crippen molar-refractivity contribution < 1.29 is 18.7 Å². The van der Waals surface area contributed by atoms with Crippen LogP contribution in [-0.2, 0) is 16.0 Å². The molecule has 0 atom stereocenters. The molecule has 1 heterocycles. The molecule has 0 bridgehead atoms. The van der Waals surface area contributed by atoms with Gasteiger partial charge in [0.15, 0.2) is 5.82 Å². The molecular weight excluding hydrogens is 321 g/mol. The van der Waals surface area contributed by atoms with Crippen LogP contribution < -0.4 is 0 Å². The Morgan fingerprint density at radius 3 is 2.28 bits per heavy atom. The van der Waals surface area contributed by atoms with Crippen LogP contribution in [0, 0.1) is 5.82 Å². The van der Waals surface area contributed by atoms with Crippen molar-refractivity contribution in [3.63, 3.8) is 0 Å². The van der Waals surface area contributed by atoms with Gasteiger partial charge in [0.2, 0.25) is 0 Å². The zero-order chi connectivity index (χ0) is 18.3. The highest BCUT2D eigenvalue weighted by Crippen LogP contribution is 2.13. The van der Waals surface area contributed by atoms with E-state index in [1.165, 1.54) is 38.3 Å². The summed E-state index contributed by atoms with van der Waals surface area (Å²) in [5, 5.41) is 0. The van der Waals surface area contributed by atoms with Gasteiger partial charge in [0.1, 0.15) is 5.56 Å². The molecule has 1 aromatic heterocycles. The Labute approximate surface area is 151 Å². The molecule has 5 heteroatoms. The van der Waals surface area contributed by atoms with E-state index >= 15 is 0 Å². The standard InChI is InChI=1S/C20H34FNO3/c1-3-5-14-24-15-12-10-8-6-7-9-11-13-22-16-18(19(21)17-22)20(23)25-4-2/h16-17H,3-15H2,1-2H3. The monoisotopic (exact) mass is 355 g/mol. The molecule has 0 spiro atoms. The normalized spacial score (nSPS) is 11.0. The highest BCUT2D eigenvalue weighted by atomic mass is 19.1.